The van der Waals surface area contributed by atoms with Crippen LogP contribution in [-0.2, 0) is 0 Å². The van der Waals surface area contributed by atoms with Crippen LogP contribution < -0.4 is 5.32 Å². The number of hydrogen-bond donors (Lipinski definition) is 1. The van der Waals surface area contributed by atoms with Crippen molar-refractivity contribution < 1.29 is 0 Å². The van der Waals surface area contributed by atoms with Crippen molar-refractivity contribution in [1.82, 2.24) is 9.97 Å². The lowest BCUT2D eigenvalue weighted by Crippen LogP contribution is -1.94. The van der Waals surface area contributed by atoms with Gasteiger partial charge in [-0.2, -0.15) is 0 Å². The van der Waals surface area contributed by atoms with E-state index < -0.39 is 0 Å². The molecule has 3 rings (SSSR count). The SMILES string of the molecule is C#Cc1cccc(Nc2ccnc3cc(Br)cnc23)c1. The van der Waals surface area contributed by atoms with Crippen molar-refractivity contribution in [2.75, 3.05) is 5.32 Å². The standard InChI is InChI=1S/C16H10BrN3/c1-2-11-4-3-5-13(8-11)20-14-6-7-18-15-9-12(17)10-19-16(14)15/h1,3-10H,(H,18,20). The molecule has 0 bridgehead atoms. The van der Waals surface area contributed by atoms with Gasteiger partial charge >= 0.3 is 0 Å². The van der Waals surface area contributed by atoms with Crippen LogP contribution >= 0.6 is 15.9 Å². The fraction of sp³-hybridized carbons (Fsp3) is 0. The average Bonchev–Trinajstić information content (AvgIpc) is 2.47. The third-order valence-electron chi connectivity index (χ3n) is 2.85. The first-order chi connectivity index (χ1) is 9.76. The summed E-state index contributed by atoms with van der Waals surface area (Å²) in [6.07, 6.45) is 8.92. The molecule has 4 heteroatoms. The minimum atomic E-state index is 0.821. The Morgan fingerprint density at radius 3 is 2.90 bits per heavy atom. The van der Waals surface area contributed by atoms with E-state index in [1.165, 1.54) is 0 Å². The molecule has 0 amide bonds. The Balaban J connectivity index is 2.04. The summed E-state index contributed by atoms with van der Waals surface area (Å²) in [5.74, 6) is 2.62. The zero-order valence-corrected chi connectivity index (χ0v) is 12.1. The second kappa shape index (κ2) is 5.32. The lowest BCUT2D eigenvalue weighted by molar-refractivity contribution is 1.32. The molecule has 0 saturated carbocycles. The summed E-state index contributed by atoms with van der Waals surface area (Å²) in [7, 11) is 0. The van der Waals surface area contributed by atoms with E-state index in [1.54, 1.807) is 12.4 Å². The van der Waals surface area contributed by atoms with E-state index in [0.29, 0.717) is 0 Å². The zero-order valence-electron chi connectivity index (χ0n) is 10.5. The molecule has 0 radical (unpaired) electrons. The summed E-state index contributed by atoms with van der Waals surface area (Å²) in [6, 6.07) is 11.5. The van der Waals surface area contributed by atoms with Gasteiger partial charge in [-0.3, -0.25) is 9.97 Å². The third kappa shape index (κ3) is 2.49. The van der Waals surface area contributed by atoms with Crippen molar-refractivity contribution in [3.05, 3.63) is 58.8 Å². The fourth-order valence-corrected chi connectivity index (χ4v) is 2.27. The quantitative estimate of drug-likeness (QED) is 0.721. The van der Waals surface area contributed by atoms with Gasteiger partial charge in [0.25, 0.3) is 0 Å². The first-order valence-electron chi connectivity index (χ1n) is 6.00. The highest BCUT2D eigenvalue weighted by Crippen LogP contribution is 2.25. The number of terminal acetylenes is 1. The molecule has 0 spiro atoms. The van der Waals surface area contributed by atoms with E-state index in [-0.39, 0.29) is 0 Å². The number of rotatable bonds is 2. The summed E-state index contributed by atoms with van der Waals surface area (Å²) in [5.41, 5.74) is 4.32. The molecule has 20 heavy (non-hydrogen) atoms. The van der Waals surface area contributed by atoms with E-state index in [0.717, 1.165) is 32.4 Å². The Labute approximate surface area is 125 Å². The van der Waals surface area contributed by atoms with E-state index in [4.69, 9.17) is 6.42 Å². The molecule has 3 nitrogen and oxygen atoms in total. The second-order valence-electron chi connectivity index (χ2n) is 4.23. The first-order valence-corrected chi connectivity index (χ1v) is 6.79. The summed E-state index contributed by atoms with van der Waals surface area (Å²) in [6.45, 7) is 0. The molecule has 3 aromatic rings. The fourth-order valence-electron chi connectivity index (χ4n) is 1.95. The maximum Gasteiger partial charge on any atom is 0.112 e. The van der Waals surface area contributed by atoms with Crippen molar-refractivity contribution in [3.8, 4) is 12.3 Å². The van der Waals surface area contributed by atoms with Crippen molar-refractivity contribution in [2.45, 2.75) is 0 Å². The third-order valence-corrected chi connectivity index (χ3v) is 3.29. The average molecular weight is 324 g/mol. The Morgan fingerprint density at radius 1 is 1.15 bits per heavy atom. The predicted molar refractivity (Wildman–Crippen MR) is 84.9 cm³/mol. The van der Waals surface area contributed by atoms with E-state index >= 15 is 0 Å². The number of nitrogens with one attached hydrogen (secondary N) is 1. The topological polar surface area (TPSA) is 37.8 Å². The van der Waals surface area contributed by atoms with Gasteiger partial charge in [-0.1, -0.05) is 12.0 Å². The maximum absolute atomic E-state index is 5.41. The molecule has 0 unspecified atom stereocenters. The van der Waals surface area contributed by atoms with Gasteiger partial charge in [-0.15, -0.1) is 6.42 Å². The summed E-state index contributed by atoms with van der Waals surface area (Å²) < 4.78 is 0.906. The second-order valence-corrected chi connectivity index (χ2v) is 5.15. The summed E-state index contributed by atoms with van der Waals surface area (Å²) in [4.78, 5) is 8.72. The van der Waals surface area contributed by atoms with Crippen LogP contribution in [0.3, 0.4) is 0 Å². The number of fused-ring (bicyclic) bond motifs is 1. The molecule has 96 valence electrons. The van der Waals surface area contributed by atoms with Crippen molar-refractivity contribution >= 4 is 38.3 Å². The summed E-state index contributed by atoms with van der Waals surface area (Å²) in [5, 5.41) is 3.33. The van der Waals surface area contributed by atoms with Gasteiger partial charge in [-0.25, -0.2) is 0 Å². The van der Waals surface area contributed by atoms with Crippen LogP contribution in [0.5, 0.6) is 0 Å². The largest absolute Gasteiger partial charge is 0.354 e. The normalized spacial score (nSPS) is 10.2. The highest BCUT2D eigenvalue weighted by Gasteiger charge is 2.04. The molecular formula is C16H10BrN3. The Morgan fingerprint density at radius 2 is 2.05 bits per heavy atom. The minimum absolute atomic E-state index is 0.821. The number of pyridine rings is 2. The molecule has 2 aromatic heterocycles. The van der Waals surface area contributed by atoms with Gasteiger partial charge in [-0.05, 0) is 46.3 Å². The Kier molecular flexibility index (Phi) is 3.36. The van der Waals surface area contributed by atoms with Gasteiger partial charge < -0.3 is 5.32 Å². The number of benzene rings is 1. The predicted octanol–water partition coefficient (Wildman–Crippen LogP) is 4.12. The van der Waals surface area contributed by atoms with E-state index in [2.05, 4.69) is 37.1 Å². The summed E-state index contributed by atoms with van der Waals surface area (Å²) >= 11 is 3.40. The molecular weight excluding hydrogens is 314 g/mol. The molecule has 0 aliphatic heterocycles. The minimum Gasteiger partial charge on any atom is -0.354 e. The van der Waals surface area contributed by atoms with Crippen LogP contribution in [0.1, 0.15) is 5.56 Å². The number of halogens is 1. The van der Waals surface area contributed by atoms with Crippen LogP contribution in [0.4, 0.5) is 11.4 Å². The van der Waals surface area contributed by atoms with Gasteiger partial charge in [0, 0.05) is 28.1 Å². The van der Waals surface area contributed by atoms with E-state index in [1.807, 2.05) is 36.4 Å². The van der Waals surface area contributed by atoms with Crippen LogP contribution in [0.25, 0.3) is 11.0 Å². The molecule has 1 aromatic carbocycles. The molecule has 0 aliphatic rings. The van der Waals surface area contributed by atoms with Crippen molar-refractivity contribution in [1.29, 1.82) is 0 Å². The molecule has 0 saturated heterocycles. The number of aromatic nitrogens is 2. The highest BCUT2D eigenvalue weighted by atomic mass is 79.9. The lowest BCUT2D eigenvalue weighted by atomic mass is 10.2. The highest BCUT2D eigenvalue weighted by molar-refractivity contribution is 9.10. The molecule has 0 aliphatic carbocycles. The molecule has 2 heterocycles. The maximum atomic E-state index is 5.41. The van der Waals surface area contributed by atoms with Gasteiger partial charge in [0.15, 0.2) is 0 Å². The van der Waals surface area contributed by atoms with Crippen molar-refractivity contribution in [2.24, 2.45) is 0 Å². The molecule has 0 fully saturated rings. The Bertz CT molecular complexity index is 821. The smallest absolute Gasteiger partial charge is 0.112 e. The van der Waals surface area contributed by atoms with Crippen LogP contribution in [0.15, 0.2) is 53.3 Å². The first kappa shape index (κ1) is 12.6. The van der Waals surface area contributed by atoms with Gasteiger partial charge in [0.1, 0.15) is 5.52 Å². The van der Waals surface area contributed by atoms with Gasteiger partial charge in [0.2, 0.25) is 0 Å². The lowest BCUT2D eigenvalue weighted by Gasteiger charge is -2.09. The van der Waals surface area contributed by atoms with Crippen LogP contribution in [0, 0.1) is 12.3 Å². The Hall–Kier alpha value is -2.38. The van der Waals surface area contributed by atoms with Gasteiger partial charge in [0.05, 0.1) is 11.2 Å². The van der Waals surface area contributed by atoms with Crippen LogP contribution in [0.2, 0.25) is 0 Å². The molecule has 0 atom stereocenters. The monoisotopic (exact) mass is 323 g/mol. The number of anilines is 2. The van der Waals surface area contributed by atoms with Crippen molar-refractivity contribution in [3.63, 3.8) is 0 Å². The number of nitrogens with zero attached hydrogens (tertiary/aromatic N) is 2. The van der Waals surface area contributed by atoms with Crippen LogP contribution in [-0.4, -0.2) is 9.97 Å². The number of hydrogen-bond acceptors (Lipinski definition) is 3. The van der Waals surface area contributed by atoms with E-state index in [9.17, 15) is 0 Å². The zero-order chi connectivity index (χ0) is 13.9. The molecule has 1 N–H and O–H groups in total.